The largest absolute Gasteiger partial charge is 0.0822 e. The van der Waals surface area contributed by atoms with E-state index >= 15 is 0 Å². The van der Waals surface area contributed by atoms with Gasteiger partial charge >= 0.3 is 0 Å². The van der Waals surface area contributed by atoms with Crippen molar-refractivity contribution in [1.29, 1.82) is 0 Å². The van der Waals surface area contributed by atoms with Crippen LogP contribution in [-0.4, -0.2) is 0 Å². The first-order chi connectivity index (χ1) is 4.86. The van der Waals surface area contributed by atoms with Gasteiger partial charge in [0.05, 0.1) is 0 Å². The third-order valence-electron chi connectivity index (χ3n) is 3.05. The summed E-state index contributed by atoms with van der Waals surface area (Å²) >= 11 is 0. The van der Waals surface area contributed by atoms with Crippen molar-refractivity contribution in [2.45, 2.75) is 39.0 Å². The van der Waals surface area contributed by atoms with Gasteiger partial charge in [0, 0.05) is 0 Å². The maximum Gasteiger partial charge on any atom is -0.0200 e. The maximum atomic E-state index is 2.52. The normalized spacial score (nSPS) is 39.1. The van der Waals surface area contributed by atoms with Gasteiger partial charge in [-0.15, -0.1) is 0 Å². The fraction of sp³-hybridized carbons (Fsp3) is 0.800. The van der Waals surface area contributed by atoms with Gasteiger partial charge in [-0.3, -0.25) is 0 Å². The molecule has 0 nitrogen and oxygen atoms in total. The van der Waals surface area contributed by atoms with Gasteiger partial charge in [0.15, 0.2) is 0 Å². The van der Waals surface area contributed by atoms with E-state index in [0.29, 0.717) is 0 Å². The highest BCUT2D eigenvalue weighted by Crippen LogP contribution is 2.40. The van der Waals surface area contributed by atoms with Gasteiger partial charge in [-0.2, -0.15) is 0 Å². The highest BCUT2D eigenvalue weighted by atomic mass is 14.3. The molecule has 10 heavy (non-hydrogen) atoms. The minimum Gasteiger partial charge on any atom is -0.0822 e. The van der Waals surface area contributed by atoms with E-state index in [9.17, 15) is 0 Å². The first-order valence-electron chi connectivity index (χ1n) is 4.53. The fourth-order valence-electron chi connectivity index (χ4n) is 2.56. The van der Waals surface area contributed by atoms with Crippen LogP contribution in [0.4, 0.5) is 0 Å². The molecule has 0 aliphatic heterocycles. The van der Waals surface area contributed by atoms with Gasteiger partial charge in [0.2, 0.25) is 0 Å². The summed E-state index contributed by atoms with van der Waals surface area (Å²) in [6, 6.07) is 0. The van der Waals surface area contributed by atoms with E-state index in [0.717, 1.165) is 11.8 Å². The second-order valence-electron chi connectivity index (χ2n) is 3.93. The summed E-state index contributed by atoms with van der Waals surface area (Å²) in [6.07, 6.45) is 9.86. The van der Waals surface area contributed by atoms with Crippen LogP contribution >= 0.6 is 0 Å². The summed E-state index contributed by atoms with van der Waals surface area (Å²) in [4.78, 5) is 0. The van der Waals surface area contributed by atoms with E-state index in [-0.39, 0.29) is 0 Å². The Kier molecular flexibility index (Phi) is 1.55. The second kappa shape index (κ2) is 2.41. The zero-order valence-electron chi connectivity index (χ0n) is 6.77. The predicted molar refractivity (Wildman–Crippen MR) is 43.8 cm³/mol. The molecule has 0 spiro atoms. The molecule has 0 unspecified atom stereocenters. The van der Waals surface area contributed by atoms with Crippen LogP contribution in [0, 0.1) is 11.8 Å². The van der Waals surface area contributed by atoms with E-state index in [1.54, 1.807) is 5.57 Å². The number of rotatable bonds is 0. The van der Waals surface area contributed by atoms with Crippen LogP contribution in [0.3, 0.4) is 0 Å². The van der Waals surface area contributed by atoms with Gasteiger partial charge < -0.3 is 0 Å². The predicted octanol–water partition coefficient (Wildman–Crippen LogP) is 3.14. The lowest BCUT2D eigenvalue weighted by molar-refractivity contribution is 0.303. The molecular formula is C10H16. The molecule has 2 aliphatic carbocycles. The summed E-state index contributed by atoms with van der Waals surface area (Å²) in [7, 11) is 0. The van der Waals surface area contributed by atoms with E-state index in [2.05, 4.69) is 13.0 Å². The molecule has 2 aliphatic rings. The van der Waals surface area contributed by atoms with Crippen LogP contribution < -0.4 is 0 Å². The minimum atomic E-state index is 0.980. The lowest BCUT2D eigenvalue weighted by Gasteiger charge is -2.24. The number of allylic oxidation sites excluding steroid dienone is 2. The van der Waals surface area contributed by atoms with Crippen molar-refractivity contribution in [3.8, 4) is 0 Å². The highest BCUT2D eigenvalue weighted by molar-refractivity contribution is 5.12. The molecule has 0 aromatic carbocycles. The lowest BCUT2D eigenvalue weighted by atomic mass is 9.81. The summed E-state index contributed by atoms with van der Waals surface area (Å²) in [5.41, 5.74) is 1.65. The molecule has 2 atom stereocenters. The van der Waals surface area contributed by atoms with Crippen LogP contribution in [0.2, 0.25) is 0 Å². The van der Waals surface area contributed by atoms with Crippen molar-refractivity contribution in [2.24, 2.45) is 11.8 Å². The van der Waals surface area contributed by atoms with Crippen LogP contribution in [0.5, 0.6) is 0 Å². The topological polar surface area (TPSA) is 0 Å². The van der Waals surface area contributed by atoms with Crippen molar-refractivity contribution in [3.63, 3.8) is 0 Å². The SMILES string of the molecule is CC1=C[C@H]2CCCC[C@H]2C1. The molecular weight excluding hydrogens is 120 g/mol. The molecule has 0 aromatic rings. The average Bonchev–Trinajstić information content (AvgIpc) is 2.27. The molecule has 56 valence electrons. The van der Waals surface area contributed by atoms with E-state index in [1.165, 1.54) is 32.1 Å². The maximum absolute atomic E-state index is 2.52. The Bertz CT molecular complexity index is 155. The van der Waals surface area contributed by atoms with Gasteiger partial charge in [-0.1, -0.05) is 24.5 Å². The molecule has 0 N–H and O–H groups in total. The van der Waals surface area contributed by atoms with Crippen LogP contribution in [0.15, 0.2) is 11.6 Å². The number of hydrogen-bond donors (Lipinski definition) is 0. The van der Waals surface area contributed by atoms with Crippen molar-refractivity contribution < 1.29 is 0 Å². The Morgan fingerprint density at radius 3 is 2.90 bits per heavy atom. The highest BCUT2D eigenvalue weighted by Gasteiger charge is 2.27. The molecule has 0 aromatic heterocycles. The van der Waals surface area contributed by atoms with Crippen molar-refractivity contribution in [1.82, 2.24) is 0 Å². The molecule has 1 saturated carbocycles. The quantitative estimate of drug-likeness (QED) is 0.449. The number of fused-ring (bicyclic) bond motifs is 1. The number of hydrogen-bond acceptors (Lipinski definition) is 0. The Hall–Kier alpha value is -0.260. The zero-order valence-corrected chi connectivity index (χ0v) is 6.77. The second-order valence-corrected chi connectivity index (χ2v) is 3.93. The summed E-state index contributed by atoms with van der Waals surface area (Å²) in [5, 5.41) is 0. The van der Waals surface area contributed by atoms with E-state index in [1.807, 2.05) is 0 Å². The molecule has 0 heterocycles. The summed E-state index contributed by atoms with van der Waals surface area (Å²) < 4.78 is 0. The smallest absolute Gasteiger partial charge is 0.0200 e. The molecule has 0 bridgehead atoms. The van der Waals surface area contributed by atoms with Crippen LogP contribution in [0.25, 0.3) is 0 Å². The van der Waals surface area contributed by atoms with E-state index in [4.69, 9.17) is 0 Å². The van der Waals surface area contributed by atoms with E-state index < -0.39 is 0 Å². The lowest BCUT2D eigenvalue weighted by Crippen LogP contribution is -2.12. The third-order valence-corrected chi connectivity index (χ3v) is 3.05. The van der Waals surface area contributed by atoms with Crippen molar-refractivity contribution >= 4 is 0 Å². The van der Waals surface area contributed by atoms with Gasteiger partial charge in [-0.05, 0) is 38.0 Å². The molecule has 1 fully saturated rings. The van der Waals surface area contributed by atoms with Gasteiger partial charge in [-0.25, -0.2) is 0 Å². The fourth-order valence-corrected chi connectivity index (χ4v) is 2.56. The van der Waals surface area contributed by atoms with Crippen molar-refractivity contribution in [3.05, 3.63) is 11.6 Å². The first-order valence-corrected chi connectivity index (χ1v) is 4.53. The van der Waals surface area contributed by atoms with Gasteiger partial charge in [0.1, 0.15) is 0 Å². The summed E-state index contributed by atoms with van der Waals surface area (Å²) in [6.45, 7) is 2.29. The third kappa shape index (κ3) is 1.00. The van der Waals surface area contributed by atoms with Gasteiger partial charge in [0.25, 0.3) is 0 Å². The Morgan fingerprint density at radius 2 is 2.10 bits per heavy atom. The van der Waals surface area contributed by atoms with Crippen LogP contribution in [0.1, 0.15) is 39.0 Å². The zero-order chi connectivity index (χ0) is 6.97. The Labute approximate surface area is 63.3 Å². The summed E-state index contributed by atoms with van der Waals surface area (Å²) in [5.74, 6) is 2.03. The first kappa shape index (κ1) is 6.45. The molecule has 0 amide bonds. The average molecular weight is 136 g/mol. The Balaban J connectivity index is 2.06. The standard InChI is InChI=1S/C10H16/c1-8-6-9-4-2-3-5-10(9)7-8/h6,9-10H,2-5,7H2,1H3/t9-,10+/m1/s1. The molecule has 2 rings (SSSR count). The molecule has 0 saturated heterocycles. The molecule has 0 radical (unpaired) electrons. The molecule has 0 heteroatoms. The Morgan fingerprint density at radius 1 is 1.30 bits per heavy atom. The monoisotopic (exact) mass is 136 g/mol. The van der Waals surface area contributed by atoms with Crippen molar-refractivity contribution in [2.75, 3.05) is 0 Å². The minimum absolute atomic E-state index is 0.980. The van der Waals surface area contributed by atoms with Crippen LogP contribution in [-0.2, 0) is 0 Å².